The van der Waals surface area contributed by atoms with Gasteiger partial charge in [0.25, 0.3) is 0 Å². The maximum absolute atomic E-state index is 5.03. The first-order valence-corrected chi connectivity index (χ1v) is 26.7. The number of hydrogen-bond donors (Lipinski definition) is 0. The lowest BCUT2D eigenvalue weighted by Gasteiger charge is -2.36. The number of rotatable bonds is 9. The minimum absolute atomic E-state index is 0.00696. The van der Waals surface area contributed by atoms with E-state index in [0.717, 1.165) is 5.82 Å². The van der Waals surface area contributed by atoms with Crippen LogP contribution in [0.2, 0.25) is 0 Å². The molecule has 0 N–H and O–H groups in total. The van der Waals surface area contributed by atoms with Crippen molar-refractivity contribution in [1.29, 1.82) is 0 Å². The van der Waals surface area contributed by atoms with Gasteiger partial charge in [0.1, 0.15) is 5.82 Å². The van der Waals surface area contributed by atoms with Crippen LogP contribution in [0.4, 0.5) is 11.4 Å². The summed E-state index contributed by atoms with van der Waals surface area (Å²) in [5, 5.41) is 2.47. The van der Waals surface area contributed by atoms with E-state index in [-0.39, 0.29) is 37.9 Å². The number of nitrogens with zero attached hydrogens (tertiary/aromatic N) is 4. The van der Waals surface area contributed by atoms with E-state index in [1.54, 1.807) is 0 Å². The van der Waals surface area contributed by atoms with Gasteiger partial charge in [-0.3, -0.25) is 4.57 Å². The molecule has 0 fully saturated rings. The molecule has 6 aromatic carbocycles. The number of pyridine rings is 1. The summed E-state index contributed by atoms with van der Waals surface area (Å²) >= 11 is 0. The fourth-order valence-corrected chi connectivity index (χ4v) is 11.4. The van der Waals surface area contributed by atoms with Gasteiger partial charge in [-0.1, -0.05) is 228 Å². The van der Waals surface area contributed by atoms with Crippen LogP contribution < -0.4 is 9.80 Å². The van der Waals surface area contributed by atoms with Crippen molar-refractivity contribution in [1.82, 2.24) is 9.55 Å². The molecule has 378 valence electrons. The van der Waals surface area contributed by atoms with Crippen LogP contribution in [0, 0.1) is 10.8 Å². The molecule has 0 atom stereocenters. The topological polar surface area (TPSA) is 24.3 Å². The average molecular weight is 967 g/mol. The number of anilines is 2. The molecule has 0 amide bonds. The summed E-state index contributed by atoms with van der Waals surface area (Å²) in [4.78, 5) is 10.4. The Morgan fingerprint density at radius 3 is 1.23 bits per heavy atom. The summed E-state index contributed by atoms with van der Waals surface area (Å²) in [5.74, 6) is 0.949. The molecule has 0 saturated heterocycles. The van der Waals surface area contributed by atoms with Crippen molar-refractivity contribution in [2.24, 2.45) is 10.8 Å². The zero-order chi connectivity index (χ0) is 52.8. The highest BCUT2D eigenvalue weighted by atomic mass is 15.4. The summed E-state index contributed by atoms with van der Waals surface area (Å²) in [6, 6.07) is 57.4. The minimum atomic E-state index is -0.362. The third-order valence-electron chi connectivity index (χ3n) is 16.2. The molecule has 4 heteroatoms. The van der Waals surface area contributed by atoms with Crippen molar-refractivity contribution in [3.8, 4) is 5.82 Å². The quantitative estimate of drug-likeness (QED) is 0.144. The molecule has 0 unspecified atom stereocenters. The maximum atomic E-state index is 5.03. The lowest BCUT2D eigenvalue weighted by atomic mass is 9.73. The lowest BCUT2D eigenvalue weighted by Crippen LogP contribution is -2.33. The standard InChI is InChI=1S/C69H82N4/c1-63(2,3)48-35-36-70-60(44-48)73-58-32-26-25-31-56(58)57-34-33-49(43-59(57)73)69(17,18)51-37-50(64(4,5)6)39-54(40-51)71-45-72(62(66(10,11)12)61(71)65(7,8)9)55-41-52(67(13,14)46-27-21-19-22-28-46)38-53(42-55)68(15,16)47-29-23-20-24-30-47/h19-44H,45H2,1-18H3. The molecular formula is C69H82N4. The van der Waals surface area contributed by atoms with Crippen LogP contribution in [0.15, 0.2) is 169 Å². The second-order valence-corrected chi connectivity index (χ2v) is 26.8. The second kappa shape index (κ2) is 17.9. The molecule has 1 aliphatic heterocycles. The molecule has 0 spiro atoms. The molecule has 1 aliphatic rings. The van der Waals surface area contributed by atoms with E-state index in [1.165, 1.54) is 89.1 Å². The molecular weight excluding hydrogens is 885 g/mol. The van der Waals surface area contributed by atoms with Crippen LogP contribution in [0.1, 0.15) is 169 Å². The Hall–Kier alpha value is -6.39. The zero-order valence-corrected chi connectivity index (χ0v) is 47.5. The number of para-hydroxylation sites is 1. The summed E-state index contributed by atoms with van der Waals surface area (Å²) in [6.07, 6.45) is 1.97. The summed E-state index contributed by atoms with van der Waals surface area (Å²) < 4.78 is 2.38. The van der Waals surface area contributed by atoms with Crippen molar-refractivity contribution in [2.75, 3.05) is 16.5 Å². The smallest absolute Gasteiger partial charge is 0.137 e. The van der Waals surface area contributed by atoms with Crippen molar-refractivity contribution in [3.63, 3.8) is 0 Å². The van der Waals surface area contributed by atoms with Crippen LogP contribution >= 0.6 is 0 Å². The molecule has 0 radical (unpaired) electrons. The molecule has 8 aromatic rings. The number of allylic oxidation sites excluding steroid dienone is 2. The van der Waals surface area contributed by atoms with Crippen LogP contribution in [-0.4, -0.2) is 16.2 Å². The Bertz CT molecular complexity index is 3300. The minimum Gasteiger partial charge on any atom is -0.324 e. The van der Waals surface area contributed by atoms with Crippen LogP contribution in [-0.2, 0) is 27.1 Å². The highest BCUT2D eigenvalue weighted by Crippen LogP contribution is 2.51. The molecule has 0 saturated carbocycles. The fourth-order valence-electron chi connectivity index (χ4n) is 11.4. The molecule has 73 heavy (non-hydrogen) atoms. The molecule has 2 aromatic heterocycles. The molecule has 4 nitrogen and oxygen atoms in total. The third-order valence-corrected chi connectivity index (χ3v) is 16.2. The zero-order valence-electron chi connectivity index (χ0n) is 47.5. The second-order valence-electron chi connectivity index (χ2n) is 26.8. The van der Waals surface area contributed by atoms with E-state index in [4.69, 9.17) is 4.98 Å². The summed E-state index contributed by atoms with van der Waals surface area (Å²) in [5.41, 5.74) is 16.6. The maximum Gasteiger partial charge on any atom is 0.137 e. The monoisotopic (exact) mass is 967 g/mol. The Kier molecular flexibility index (Phi) is 12.6. The van der Waals surface area contributed by atoms with E-state index in [2.05, 4.69) is 291 Å². The van der Waals surface area contributed by atoms with Gasteiger partial charge in [0.05, 0.1) is 17.7 Å². The van der Waals surface area contributed by atoms with E-state index < -0.39 is 0 Å². The van der Waals surface area contributed by atoms with Gasteiger partial charge in [-0.05, 0) is 104 Å². The number of hydrogen-bond acceptors (Lipinski definition) is 3. The highest BCUT2D eigenvalue weighted by molar-refractivity contribution is 6.09. The van der Waals surface area contributed by atoms with Gasteiger partial charge in [-0.15, -0.1) is 0 Å². The van der Waals surface area contributed by atoms with Crippen LogP contribution in [0.3, 0.4) is 0 Å². The van der Waals surface area contributed by atoms with Crippen molar-refractivity contribution < 1.29 is 0 Å². The van der Waals surface area contributed by atoms with Gasteiger partial charge < -0.3 is 9.80 Å². The highest BCUT2D eigenvalue weighted by Gasteiger charge is 2.43. The van der Waals surface area contributed by atoms with Crippen LogP contribution in [0.5, 0.6) is 0 Å². The predicted molar refractivity (Wildman–Crippen MR) is 314 cm³/mol. The van der Waals surface area contributed by atoms with Gasteiger partial charge in [0.15, 0.2) is 0 Å². The first-order chi connectivity index (χ1) is 34.0. The first kappa shape index (κ1) is 51.5. The third kappa shape index (κ3) is 9.45. The normalized spacial score (nSPS) is 14.5. The Morgan fingerprint density at radius 2 is 0.753 bits per heavy atom. The van der Waals surface area contributed by atoms with Gasteiger partial charge in [0.2, 0.25) is 0 Å². The lowest BCUT2D eigenvalue weighted by molar-refractivity contribution is 0.444. The number of benzene rings is 6. The van der Waals surface area contributed by atoms with E-state index in [1.807, 2.05) is 6.20 Å². The fraction of sp³-hybridized carbons (Fsp3) is 0.377. The van der Waals surface area contributed by atoms with Gasteiger partial charge in [-0.25, -0.2) is 4.98 Å². The number of fused-ring (bicyclic) bond motifs is 3. The Morgan fingerprint density at radius 1 is 0.329 bits per heavy atom. The average Bonchev–Trinajstić information content (AvgIpc) is 3.92. The molecule has 3 heterocycles. The SMILES string of the molecule is CC(C)(C)C1=C(C(C)(C)C)N(c2cc(C(C)(C)c3ccccc3)cc(C(C)(C)c3ccccc3)c2)CN1c1cc(C(C)(C)C)cc(C(C)(C)c2ccc3c4ccccc4n(-c4cc(C(C)(C)C)ccn4)c3c2)c1. The number of aromatic nitrogens is 2. The van der Waals surface area contributed by atoms with Gasteiger partial charge in [0, 0.05) is 66.8 Å². The van der Waals surface area contributed by atoms with Crippen molar-refractivity contribution >= 4 is 33.2 Å². The summed E-state index contributed by atoms with van der Waals surface area (Å²) in [6.45, 7) is 43.4. The van der Waals surface area contributed by atoms with Crippen molar-refractivity contribution in [3.05, 3.63) is 214 Å². The van der Waals surface area contributed by atoms with E-state index in [9.17, 15) is 0 Å². The predicted octanol–water partition coefficient (Wildman–Crippen LogP) is 18.3. The van der Waals surface area contributed by atoms with E-state index >= 15 is 0 Å². The van der Waals surface area contributed by atoms with Crippen molar-refractivity contribution in [2.45, 2.75) is 152 Å². The molecule has 0 bridgehead atoms. The largest absolute Gasteiger partial charge is 0.324 e. The summed E-state index contributed by atoms with van der Waals surface area (Å²) in [7, 11) is 0. The van der Waals surface area contributed by atoms with E-state index in [0.29, 0.717) is 6.67 Å². The first-order valence-electron chi connectivity index (χ1n) is 26.7. The molecule has 9 rings (SSSR count). The molecule has 0 aliphatic carbocycles. The Balaban J connectivity index is 1.23. The van der Waals surface area contributed by atoms with Gasteiger partial charge >= 0.3 is 0 Å². The Labute approximate surface area is 439 Å². The van der Waals surface area contributed by atoms with Crippen LogP contribution in [0.25, 0.3) is 27.6 Å². The van der Waals surface area contributed by atoms with Gasteiger partial charge in [-0.2, -0.15) is 0 Å².